The van der Waals surface area contributed by atoms with Gasteiger partial charge in [-0.3, -0.25) is 4.79 Å². The van der Waals surface area contributed by atoms with Gasteiger partial charge in [-0.1, -0.05) is 6.07 Å². The summed E-state index contributed by atoms with van der Waals surface area (Å²) in [6.07, 6.45) is 1.48. The summed E-state index contributed by atoms with van der Waals surface area (Å²) in [5.74, 6) is -0.753. The first kappa shape index (κ1) is 15.6. The van der Waals surface area contributed by atoms with E-state index in [0.717, 1.165) is 27.8 Å². The minimum Gasteiger partial charge on any atom is -0.365 e. The number of hydrogen-bond donors (Lipinski definition) is 1. The van der Waals surface area contributed by atoms with Crippen LogP contribution >= 0.6 is 23.2 Å². The van der Waals surface area contributed by atoms with Crippen LogP contribution in [0.25, 0.3) is 6.08 Å². The van der Waals surface area contributed by atoms with Crippen LogP contribution in [0.4, 0.5) is 0 Å². The zero-order chi connectivity index (χ0) is 14.7. The molecule has 0 heterocycles. The number of benzene rings is 1. The van der Waals surface area contributed by atoms with Crippen LogP contribution < -0.4 is 5.73 Å². The number of nitrogens with zero attached hydrogens (tertiary/aromatic N) is 1. The molecule has 0 bridgehead atoms. The molecule has 19 heavy (non-hydrogen) atoms. The minimum absolute atomic E-state index is 0.0957. The van der Waals surface area contributed by atoms with E-state index in [9.17, 15) is 4.79 Å². The first-order chi connectivity index (χ1) is 8.79. The highest BCUT2D eigenvalue weighted by atomic mass is 35.5. The minimum atomic E-state index is -0.753. The molecular formula is C14H14Cl2N2O. The van der Waals surface area contributed by atoms with Crippen molar-refractivity contribution in [3.63, 3.8) is 0 Å². The second kappa shape index (κ2) is 6.10. The normalized spacial score (nSPS) is 11.5. The number of nitrogens with two attached hydrogens (primary N) is 1. The van der Waals surface area contributed by atoms with E-state index in [1.807, 2.05) is 26.8 Å². The highest BCUT2D eigenvalue weighted by Crippen LogP contribution is 2.34. The summed E-state index contributed by atoms with van der Waals surface area (Å²) in [7, 11) is 0. The average Bonchev–Trinajstić information content (AvgIpc) is 2.27. The Hall–Kier alpha value is -1.50. The summed E-state index contributed by atoms with van der Waals surface area (Å²) >= 11 is 11.9. The Morgan fingerprint density at radius 2 is 1.95 bits per heavy atom. The Balaban J connectivity index is 3.58. The Bertz CT molecular complexity index is 598. The zero-order valence-corrected chi connectivity index (χ0v) is 12.4. The Kier molecular flexibility index (Phi) is 4.99. The SMILES string of the molecule is Cc1cc(C)c(C(Cl)Cl)c(C)c1C=C(C#N)C(N)=O. The summed E-state index contributed by atoms with van der Waals surface area (Å²) in [5.41, 5.74) is 9.34. The lowest BCUT2D eigenvalue weighted by Crippen LogP contribution is -2.12. The van der Waals surface area contributed by atoms with Crippen molar-refractivity contribution in [2.75, 3.05) is 0 Å². The Morgan fingerprint density at radius 1 is 1.37 bits per heavy atom. The fourth-order valence-corrected chi connectivity index (χ4v) is 2.75. The van der Waals surface area contributed by atoms with Crippen molar-refractivity contribution >= 4 is 35.2 Å². The standard InChI is InChI=1S/C14H14Cl2N2O/c1-7-4-8(2)12(13(15)16)9(3)11(7)5-10(6-17)14(18)19/h4-5,13H,1-3H3,(H2,18,19). The largest absolute Gasteiger partial charge is 0.365 e. The van der Waals surface area contributed by atoms with Gasteiger partial charge in [0.1, 0.15) is 16.5 Å². The molecule has 5 heteroatoms. The molecule has 0 aliphatic rings. The van der Waals surface area contributed by atoms with E-state index in [4.69, 9.17) is 34.2 Å². The highest BCUT2D eigenvalue weighted by molar-refractivity contribution is 6.44. The van der Waals surface area contributed by atoms with Crippen LogP contribution in [0.2, 0.25) is 0 Å². The predicted molar refractivity (Wildman–Crippen MR) is 77.9 cm³/mol. The van der Waals surface area contributed by atoms with Crippen molar-refractivity contribution in [2.24, 2.45) is 5.73 Å². The van der Waals surface area contributed by atoms with Gasteiger partial charge in [-0.2, -0.15) is 5.26 Å². The van der Waals surface area contributed by atoms with Crippen LogP contribution in [-0.2, 0) is 4.79 Å². The van der Waals surface area contributed by atoms with Gasteiger partial charge in [0.25, 0.3) is 5.91 Å². The van der Waals surface area contributed by atoms with Crippen LogP contribution in [0, 0.1) is 32.1 Å². The molecular weight excluding hydrogens is 283 g/mol. The molecule has 0 fully saturated rings. The van der Waals surface area contributed by atoms with Crippen molar-refractivity contribution in [2.45, 2.75) is 25.6 Å². The topological polar surface area (TPSA) is 66.9 Å². The van der Waals surface area contributed by atoms with Gasteiger partial charge in [0.2, 0.25) is 0 Å². The third-order valence-electron chi connectivity index (χ3n) is 2.98. The quantitative estimate of drug-likeness (QED) is 0.527. The average molecular weight is 297 g/mol. The molecule has 0 radical (unpaired) electrons. The summed E-state index contributed by atoms with van der Waals surface area (Å²) in [5, 5.41) is 8.90. The van der Waals surface area contributed by atoms with Gasteiger partial charge in [-0.05, 0) is 54.7 Å². The molecule has 1 amide bonds. The number of hydrogen-bond acceptors (Lipinski definition) is 2. The second-order valence-electron chi connectivity index (χ2n) is 4.30. The van der Waals surface area contributed by atoms with Crippen molar-refractivity contribution in [3.8, 4) is 6.07 Å². The van der Waals surface area contributed by atoms with Crippen LogP contribution in [-0.4, -0.2) is 5.91 Å². The second-order valence-corrected chi connectivity index (χ2v) is 5.39. The number of amides is 1. The molecule has 3 nitrogen and oxygen atoms in total. The maximum atomic E-state index is 11.1. The van der Waals surface area contributed by atoms with Gasteiger partial charge in [-0.15, -0.1) is 23.2 Å². The van der Waals surface area contributed by atoms with E-state index < -0.39 is 10.7 Å². The number of halogens is 2. The van der Waals surface area contributed by atoms with Gasteiger partial charge in [-0.25, -0.2) is 0 Å². The molecule has 0 spiro atoms. The summed E-state index contributed by atoms with van der Waals surface area (Å²) in [6, 6.07) is 3.71. The fourth-order valence-electron chi connectivity index (χ4n) is 2.08. The first-order valence-corrected chi connectivity index (χ1v) is 6.47. The van der Waals surface area contributed by atoms with E-state index in [-0.39, 0.29) is 5.57 Å². The molecule has 0 unspecified atom stereocenters. The smallest absolute Gasteiger partial charge is 0.259 e. The Labute approximate surface area is 122 Å². The van der Waals surface area contributed by atoms with Gasteiger partial charge < -0.3 is 5.73 Å². The molecule has 100 valence electrons. The van der Waals surface area contributed by atoms with Crippen molar-refractivity contribution < 1.29 is 4.79 Å². The molecule has 0 aromatic heterocycles. The number of aryl methyl sites for hydroxylation is 2. The van der Waals surface area contributed by atoms with E-state index in [2.05, 4.69) is 0 Å². The van der Waals surface area contributed by atoms with E-state index in [0.29, 0.717) is 0 Å². The predicted octanol–water partition coefficient (Wildman–Crippen LogP) is 3.48. The van der Waals surface area contributed by atoms with Crippen molar-refractivity contribution in [1.29, 1.82) is 5.26 Å². The van der Waals surface area contributed by atoms with Crippen LogP contribution in [0.3, 0.4) is 0 Å². The van der Waals surface area contributed by atoms with Crippen LogP contribution in [0.1, 0.15) is 32.7 Å². The van der Waals surface area contributed by atoms with E-state index in [1.165, 1.54) is 6.08 Å². The number of nitriles is 1. The molecule has 1 aromatic carbocycles. The molecule has 0 atom stereocenters. The number of primary amides is 1. The van der Waals surface area contributed by atoms with Gasteiger partial charge in [0.05, 0.1) is 0 Å². The van der Waals surface area contributed by atoms with Gasteiger partial charge >= 0.3 is 0 Å². The summed E-state index contributed by atoms with van der Waals surface area (Å²) in [6.45, 7) is 5.66. The fraction of sp³-hybridized carbons (Fsp3) is 0.286. The monoisotopic (exact) mass is 296 g/mol. The molecule has 0 saturated heterocycles. The maximum absolute atomic E-state index is 11.1. The number of carbonyl (C=O) groups is 1. The van der Waals surface area contributed by atoms with Gasteiger partial charge in [0.15, 0.2) is 0 Å². The molecule has 0 aliphatic carbocycles. The lowest BCUT2D eigenvalue weighted by atomic mass is 9.93. The van der Waals surface area contributed by atoms with E-state index >= 15 is 0 Å². The Morgan fingerprint density at radius 3 is 2.37 bits per heavy atom. The summed E-state index contributed by atoms with van der Waals surface area (Å²) in [4.78, 5) is 10.5. The van der Waals surface area contributed by atoms with Crippen molar-refractivity contribution in [3.05, 3.63) is 39.5 Å². The number of rotatable bonds is 3. The van der Waals surface area contributed by atoms with Gasteiger partial charge in [0, 0.05) is 0 Å². The lowest BCUT2D eigenvalue weighted by molar-refractivity contribution is -0.114. The lowest BCUT2D eigenvalue weighted by Gasteiger charge is -2.16. The molecule has 0 saturated carbocycles. The van der Waals surface area contributed by atoms with Crippen LogP contribution in [0.15, 0.2) is 11.6 Å². The zero-order valence-electron chi connectivity index (χ0n) is 10.9. The molecule has 0 aliphatic heterocycles. The third kappa shape index (κ3) is 3.28. The molecule has 1 rings (SSSR count). The first-order valence-electron chi connectivity index (χ1n) is 5.60. The maximum Gasteiger partial charge on any atom is 0.259 e. The number of carbonyl (C=O) groups excluding carboxylic acids is 1. The van der Waals surface area contributed by atoms with Crippen LogP contribution in [0.5, 0.6) is 0 Å². The third-order valence-corrected chi connectivity index (χ3v) is 3.42. The van der Waals surface area contributed by atoms with Crippen molar-refractivity contribution in [1.82, 2.24) is 0 Å². The highest BCUT2D eigenvalue weighted by Gasteiger charge is 2.16. The molecule has 1 aromatic rings. The van der Waals surface area contributed by atoms with E-state index in [1.54, 1.807) is 6.07 Å². The number of alkyl halides is 2. The summed E-state index contributed by atoms with van der Waals surface area (Å²) < 4.78 is 0. The molecule has 2 N–H and O–H groups in total.